The molecule has 0 fully saturated rings. The van der Waals surface area contributed by atoms with Crippen LogP contribution in [0.2, 0.25) is 0 Å². The lowest BCUT2D eigenvalue weighted by Crippen LogP contribution is -2.27. The van der Waals surface area contributed by atoms with Crippen LogP contribution < -0.4 is 5.32 Å². The molecule has 0 saturated carbocycles. The molecule has 0 saturated heterocycles. The molecule has 0 aromatic carbocycles. The normalized spacial score (nSPS) is 9.76. The molecule has 0 spiro atoms. The number of hydrogen-bond acceptors (Lipinski definition) is 4. The van der Waals surface area contributed by atoms with Crippen molar-refractivity contribution in [3.05, 3.63) is 28.5 Å². The molecule has 1 N–H and O–H groups in total. The molecule has 6 heteroatoms. The quantitative estimate of drug-likeness (QED) is 0.661. The zero-order valence-corrected chi connectivity index (χ0v) is 11.0. The Labute approximate surface area is 108 Å². The van der Waals surface area contributed by atoms with E-state index in [1.165, 1.54) is 0 Å². The van der Waals surface area contributed by atoms with Gasteiger partial charge in [-0.15, -0.1) is 0 Å². The van der Waals surface area contributed by atoms with Crippen LogP contribution in [0.3, 0.4) is 0 Å². The van der Waals surface area contributed by atoms with Crippen molar-refractivity contribution in [2.75, 3.05) is 13.2 Å². The molecule has 1 aromatic rings. The van der Waals surface area contributed by atoms with Crippen LogP contribution in [0.15, 0.2) is 22.8 Å². The second-order valence-corrected chi connectivity index (χ2v) is 3.97. The maximum Gasteiger partial charge on any atom is 0.307 e. The van der Waals surface area contributed by atoms with Crippen molar-refractivity contribution in [1.29, 1.82) is 0 Å². The average Bonchev–Trinajstić information content (AvgIpc) is 2.29. The predicted octanol–water partition coefficient (Wildman–Crippen LogP) is 1.53. The Balaban J connectivity index is 2.38. The number of esters is 1. The van der Waals surface area contributed by atoms with Crippen LogP contribution in [0.4, 0.5) is 0 Å². The molecule has 92 valence electrons. The van der Waals surface area contributed by atoms with Gasteiger partial charge in [-0.3, -0.25) is 9.59 Å². The van der Waals surface area contributed by atoms with Gasteiger partial charge in [0.2, 0.25) is 0 Å². The maximum atomic E-state index is 11.6. The van der Waals surface area contributed by atoms with E-state index < -0.39 is 0 Å². The first-order chi connectivity index (χ1) is 8.13. The van der Waals surface area contributed by atoms with Gasteiger partial charge in [-0.25, -0.2) is 4.98 Å². The number of nitrogens with one attached hydrogen (secondary N) is 1. The Morgan fingerprint density at radius 2 is 2.24 bits per heavy atom. The molecule has 0 radical (unpaired) electrons. The highest BCUT2D eigenvalue weighted by molar-refractivity contribution is 9.10. The highest BCUT2D eigenvalue weighted by atomic mass is 79.9. The van der Waals surface area contributed by atoms with Gasteiger partial charge in [0.05, 0.1) is 13.0 Å². The summed E-state index contributed by atoms with van der Waals surface area (Å²) in [6.07, 6.45) is 0.160. The molecule has 5 nitrogen and oxygen atoms in total. The Morgan fingerprint density at radius 1 is 1.47 bits per heavy atom. The summed E-state index contributed by atoms with van der Waals surface area (Å²) >= 11 is 3.18. The van der Waals surface area contributed by atoms with Crippen LogP contribution in [0.5, 0.6) is 0 Å². The number of nitrogens with zero attached hydrogens (tertiary/aromatic N) is 1. The molecule has 1 rings (SSSR count). The fraction of sp³-hybridized carbons (Fsp3) is 0.364. The van der Waals surface area contributed by atoms with Gasteiger partial charge in [0.25, 0.3) is 5.91 Å². The second kappa shape index (κ2) is 7.01. The summed E-state index contributed by atoms with van der Waals surface area (Å²) in [5.74, 6) is -0.634. The van der Waals surface area contributed by atoms with E-state index >= 15 is 0 Å². The average molecular weight is 301 g/mol. The smallest absolute Gasteiger partial charge is 0.307 e. The van der Waals surface area contributed by atoms with E-state index in [2.05, 4.69) is 26.2 Å². The van der Waals surface area contributed by atoms with Gasteiger partial charge in [-0.05, 0) is 35.0 Å². The first-order valence-electron chi connectivity index (χ1n) is 5.20. The second-order valence-electron chi connectivity index (χ2n) is 3.16. The van der Waals surface area contributed by atoms with Crippen molar-refractivity contribution in [3.8, 4) is 0 Å². The van der Waals surface area contributed by atoms with E-state index in [-0.39, 0.29) is 24.8 Å². The zero-order valence-electron chi connectivity index (χ0n) is 9.40. The topological polar surface area (TPSA) is 68.3 Å². The molecular weight excluding hydrogens is 288 g/mol. The summed E-state index contributed by atoms with van der Waals surface area (Å²) < 4.78 is 5.33. The first-order valence-corrected chi connectivity index (χ1v) is 5.99. The van der Waals surface area contributed by atoms with Gasteiger partial charge < -0.3 is 10.1 Å². The number of halogens is 1. The van der Waals surface area contributed by atoms with Gasteiger partial charge >= 0.3 is 5.97 Å². The van der Waals surface area contributed by atoms with Crippen molar-refractivity contribution in [2.24, 2.45) is 0 Å². The van der Waals surface area contributed by atoms with Crippen LogP contribution in [-0.4, -0.2) is 30.0 Å². The summed E-state index contributed by atoms with van der Waals surface area (Å²) in [6.45, 7) is 2.33. The Kier molecular flexibility index (Phi) is 5.62. The van der Waals surface area contributed by atoms with E-state index in [4.69, 9.17) is 4.74 Å². The van der Waals surface area contributed by atoms with Gasteiger partial charge in [0.1, 0.15) is 10.3 Å². The Bertz CT molecular complexity index is 409. The minimum absolute atomic E-state index is 0.160. The summed E-state index contributed by atoms with van der Waals surface area (Å²) in [4.78, 5) is 26.6. The summed E-state index contributed by atoms with van der Waals surface area (Å²) in [7, 11) is 0. The molecule has 17 heavy (non-hydrogen) atoms. The number of carbonyl (C=O) groups is 2. The third-order valence-electron chi connectivity index (χ3n) is 1.87. The van der Waals surface area contributed by atoms with Gasteiger partial charge in [-0.2, -0.15) is 0 Å². The van der Waals surface area contributed by atoms with Crippen LogP contribution in [0, 0.1) is 0 Å². The lowest BCUT2D eigenvalue weighted by Gasteiger charge is -2.04. The molecule has 1 amide bonds. The maximum absolute atomic E-state index is 11.6. The highest BCUT2D eigenvalue weighted by Gasteiger charge is 2.08. The van der Waals surface area contributed by atoms with Gasteiger partial charge in [0.15, 0.2) is 0 Å². The van der Waals surface area contributed by atoms with Crippen molar-refractivity contribution in [3.63, 3.8) is 0 Å². The molecular formula is C11H13BrN2O3. The van der Waals surface area contributed by atoms with Crippen molar-refractivity contribution in [1.82, 2.24) is 10.3 Å². The number of carbonyl (C=O) groups excluding carboxylic acids is 2. The minimum Gasteiger partial charge on any atom is -0.466 e. The Morgan fingerprint density at radius 3 is 2.88 bits per heavy atom. The van der Waals surface area contributed by atoms with Crippen LogP contribution in [-0.2, 0) is 9.53 Å². The zero-order chi connectivity index (χ0) is 12.7. The van der Waals surface area contributed by atoms with E-state index in [9.17, 15) is 9.59 Å². The predicted molar refractivity (Wildman–Crippen MR) is 65.5 cm³/mol. The SMILES string of the molecule is CCOC(=O)CCNC(=O)c1cccc(Br)n1. The van der Waals surface area contributed by atoms with Crippen LogP contribution in [0.25, 0.3) is 0 Å². The summed E-state index contributed by atoms with van der Waals surface area (Å²) in [6, 6.07) is 5.05. The Hall–Kier alpha value is -1.43. The summed E-state index contributed by atoms with van der Waals surface area (Å²) in [5.41, 5.74) is 0.309. The third-order valence-corrected chi connectivity index (χ3v) is 2.31. The molecule has 0 aliphatic heterocycles. The number of amides is 1. The molecule has 0 aliphatic rings. The van der Waals surface area contributed by atoms with Gasteiger partial charge in [-0.1, -0.05) is 6.07 Å². The highest BCUT2D eigenvalue weighted by Crippen LogP contribution is 2.05. The molecule has 0 bridgehead atoms. The first kappa shape index (κ1) is 13.6. The lowest BCUT2D eigenvalue weighted by molar-refractivity contribution is -0.142. The molecule has 1 heterocycles. The van der Waals surface area contributed by atoms with Crippen LogP contribution in [0.1, 0.15) is 23.8 Å². The minimum atomic E-state index is -0.324. The fourth-order valence-electron chi connectivity index (χ4n) is 1.14. The molecule has 0 atom stereocenters. The van der Waals surface area contributed by atoms with E-state index in [0.29, 0.717) is 16.9 Å². The van der Waals surface area contributed by atoms with Crippen molar-refractivity contribution >= 4 is 27.8 Å². The largest absolute Gasteiger partial charge is 0.466 e. The number of hydrogen-bond donors (Lipinski definition) is 1. The van der Waals surface area contributed by atoms with E-state index in [1.807, 2.05) is 0 Å². The van der Waals surface area contributed by atoms with Crippen molar-refractivity contribution in [2.45, 2.75) is 13.3 Å². The molecule has 0 unspecified atom stereocenters. The van der Waals surface area contributed by atoms with Gasteiger partial charge in [0, 0.05) is 6.54 Å². The lowest BCUT2D eigenvalue weighted by atomic mass is 10.3. The standard InChI is InChI=1S/C11H13BrN2O3/c1-2-17-10(15)6-7-13-11(16)8-4-3-5-9(12)14-8/h3-5H,2,6-7H2,1H3,(H,13,16). The van der Waals surface area contributed by atoms with Crippen molar-refractivity contribution < 1.29 is 14.3 Å². The van der Waals surface area contributed by atoms with E-state index in [0.717, 1.165) is 0 Å². The van der Waals surface area contributed by atoms with Crippen LogP contribution >= 0.6 is 15.9 Å². The number of pyridine rings is 1. The fourth-order valence-corrected chi connectivity index (χ4v) is 1.48. The third kappa shape index (κ3) is 4.95. The van der Waals surface area contributed by atoms with E-state index in [1.54, 1.807) is 25.1 Å². The monoisotopic (exact) mass is 300 g/mol. The number of rotatable bonds is 5. The number of aromatic nitrogens is 1. The molecule has 0 aliphatic carbocycles. The molecule has 1 aromatic heterocycles. The summed E-state index contributed by atoms with van der Waals surface area (Å²) in [5, 5.41) is 2.59. The number of ether oxygens (including phenoxy) is 1.